The molecular formula is C79H154O17P2. The first-order valence-corrected chi connectivity index (χ1v) is 44.1. The highest BCUT2D eigenvalue weighted by Crippen LogP contribution is 2.45. The Morgan fingerprint density at radius 2 is 0.490 bits per heavy atom. The largest absolute Gasteiger partial charge is 0.472 e. The van der Waals surface area contributed by atoms with Gasteiger partial charge in [0.05, 0.1) is 26.4 Å². The van der Waals surface area contributed by atoms with Crippen molar-refractivity contribution in [2.75, 3.05) is 39.6 Å². The highest BCUT2D eigenvalue weighted by Gasteiger charge is 2.30. The van der Waals surface area contributed by atoms with E-state index in [0.717, 1.165) is 108 Å². The van der Waals surface area contributed by atoms with Crippen LogP contribution in [0.1, 0.15) is 414 Å². The molecule has 0 aromatic rings. The molecule has 0 spiro atoms. The molecule has 0 heterocycles. The van der Waals surface area contributed by atoms with E-state index in [1.807, 2.05) is 0 Å². The zero-order valence-electron chi connectivity index (χ0n) is 64.1. The molecule has 0 aromatic carbocycles. The van der Waals surface area contributed by atoms with Crippen molar-refractivity contribution in [3.05, 3.63) is 0 Å². The lowest BCUT2D eigenvalue weighted by molar-refractivity contribution is -0.161. The quantitative estimate of drug-likeness (QED) is 0.0222. The first-order chi connectivity index (χ1) is 47.4. The van der Waals surface area contributed by atoms with E-state index in [-0.39, 0.29) is 25.7 Å². The SMILES string of the molecule is CCCCCCCCCCCCCCCCCCCCC(=O)O[C@H](COC(=O)CCCCCCCCCCCCCCCCCC)COP(=O)(O)OC[C@@H](O)COP(=O)(O)OC[C@@H](COC(=O)CCCCCCCCC(C)CC)OC(=O)CCCCCCCCCCCCC(C)CC. The molecule has 0 rings (SSSR count). The number of aliphatic hydroxyl groups is 1. The van der Waals surface area contributed by atoms with Gasteiger partial charge in [0.1, 0.15) is 19.3 Å². The Labute approximate surface area is 600 Å². The van der Waals surface area contributed by atoms with Gasteiger partial charge in [0.2, 0.25) is 0 Å². The van der Waals surface area contributed by atoms with Crippen LogP contribution in [0.15, 0.2) is 0 Å². The fourth-order valence-electron chi connectivity index (χ4n) is 12.1. The minimum absolute atomic E-state index is 0.106. The number of ether oxygens (including phenoxy) is 4. The molecule has 0 aliphatic heterocycles. The third kappa shape index (κ3) is 69.8. The summed E-state index contributed by atoms with van der Waals surface area (Å²) in [4.78, 5) is 73.0. The van der Waals surface area contributed by atoms with E-state index < -0.39 is 97.5 Å². The number of phosphoric acid groups is 2. The molecule has 7 atom stereocenters. The van der Waals surface area contributed by atoms with E-state index in [9.17, 15) is 43.2 Å². The molecule has 0 bridgehead atoms. The van der Waals surface area contributed by atoms with Gasteiger partial charge in [-0.15, -0.1) is 0 Å². The Hall–Kier alpha value is -1.94. The molecule has 582 valence electrons. The Morgan fingerprint density at radius 1 is 0.286 bits per heavy atom. The first kappa shape index (κ1) is 96.1. The first-order valence-electron chi connectivity index (χ1n) is 41.1. The maximum absolute atomic E-state index is 13.1. The van der Waals surface area contributed by atoms with Crippen molar-refractivity contribution in [3.8, 4) is 0 Å². The van der Waals surface area contributed by atoms with Gasteiger partial charge >= 0.3 is 39.5 Å². The molecule has 0 amide bonds. The molecule has 0 saturated heterocycles. The summed E-state index contributed by atoms with van der Waals surface area (Å²) in [6, 6.07) is 0. The number of hydrogen-bond acceptors (Lipinski definition) is 15. The second-order valence-electron chi connectivity index (χ2n) is 28.9. The fourth-order valence-corrected chi connectivity index (χ4v) is 13.7. The molecule has 0 radical (unpaired) electrons. The summed E-state index contributed by atoms with van der Waals surface area (Å²) in [6.07, 6.45) is 59.6. The molecule has 4 unspecified atom stereocenters. The molecule has 19 heteroatoms. The molecule has 0 saturated carbocycles. The van der Waals surface area contributed by atoms with E-state index in [1.54, 1.807) is 0 Å². The van der Waals surface area contributed by atoms with Gasteiger partial charge in [-0.25, -0.2) is 9.13 Å². The Bertz CT molecular complexity index is 1890. The lowest BCUT2D eigenvalue weighted by Gasteiger charge is -2.21. The molecule has 0 aliphatic carbocycles. The summed E-state index contributed by atoms with van der Waals surface area (Å²) in [6.45, 7) is 9.61. The molecular weight excluding hydrogens is 1280 g/mol. The van der Waals surface area contributed by atoms with Crippen molar-refractivity contribution in [1.82, 2.24) is 0 Å². The lowest BCUT2D eigenvalue weighted by atomic mass is 9.99. The van der Waals surface area contributed by atoms with Gasteiger partial charge in [-0.3, -0.25) is 37.3 Å². The van der Waals surface area contributed by atoms with Crippen LogP contribution in [0.3, 0.4) is 0 Å². The zero-order chi connectivity index (χ0) is 72.1. The molecule has 0 fully saturated rings. The van der Waals surface area contributed by atoms with Crippen LogP contribution < -0.4 is 0 Å². The predicted octanol–water partition coefficient (Wildman–Crippen LogP) is 23.5. The monoisotopic (exact) mass is 1440 g/mol. The summed E-state index contributed by atoms with van der Waals surface area (Å²) in [5.41, 5.74) is 0. The van der Waals surface area contributed by atoms with Crippen molar-refractivity contribution < 1.29 is 80.2 Å². The topological polar surface area (TPSA) is 237 Å². The minimum atomic E-state index is -4.96. The molecule has 3 N–H and O–H groups in total. The standard InChI is InChI=1S/C79H154O17P2/c1-7-11-13-15-17-19-21-23-25-27-28-30-32-34-39-43-51-57-63-78(83)95-74(67-89-76(81)61-55-49-42-38-33-31-29-26-24-22-20-18-16-14-12-8-2)69-93-97(85,86)91-65-73(80)66-92-98(87,88)94-70-75(68-90-77(82)62-56-50-46-45-48-54-60-72(6)10-4)96-79(84)64-58-52-44-40-36-35-37-41-47-53-59-71(5)9-3/h71-75,80H,7-70H2,1-6H3,(H,85,86)(H,87,88)/t71?,72?,73-,74-,75-/m1/s1. The van der Waals surface area contributed by atoms with Crippen LogP contribution in [0.4, 0.5) is 0 Å². The van der Waals surface area contributed by atoms with Gasteiger partial charge in [0, 0.05) is 25.7 Å². The summed E-state index contributed by atoms with van der Waals surface area (Å²) < 4.78 is 68.7. The zero-order valence-corrected chi connectivity index (χ0v) is 65.9. The third-order valence-corrected chi connectivity index (χ3v) is 21.1. The third-order valence-electron chi connectivity index (χ3n) is 19.2. The highest BCUT2D eigenvalue weighted by molar-refractivity contribution is 7.47. The van der Waals surface area contributed by atoms with Crippen LogP contribution in [-0.2, 0) is 65.4 Å². The van der Waals surface area contributed by atoms with E-state index in [0.29, 0.717) is 25.7 Å². The van der Waals surface area contributed by atoms with Crippen LogP contribution in [0.2, 0.25) is 0 Å². The number of carbonyl (C=O) groups excluding carboxylic acids is 4. The number of carbonyl (C=O) groups is 4. The van der Waals surface area contributed by atoms with E-state index >= 15 is 0 Å². The molecule has 17 nitrogen and oxygen atoms in total. The van der Waals surface area contributed by atoms with E-state index in [2.05, 4.69) is 41.5 Å². The fraction of sp³-hybridized carbons (Fsp3) is 0.949. The average Bonchev–Trinajstić information content (AvgIpc) is 1.75. The normalized spacial score (nSPS) is 14.5. The van der Waals surface area contributed by atoms with Gasteiger partial charge < -0.3 is 33.8 Å². The van der Waals surface area contributed by atoms with Crippen molar-refractivity contribution in [1.29, 1.82) is 0 Å². The summed E-state index contributed by atoms with van der Waals surface area (Å²) >= 11 is 0. The summed E-state index contributed by atoms with van der Waals surface area (Å²) in [5, 5.41) is 10.6. The second-order valence-corrected chi connectivity index (χ2v) is 31.8. The lowest BCUT2D eigenvalue weighted by Crippen LogP contribution is -2.30. The number of hydrogen-bond donors (Lipinski definition) is 3. The van der Waals surface area contributed by atoms with Gasteiger partial charge in [-0.1, -0.05) is 363 Å². The van der Waals surface area contributed by atoms with Crippen LogP contribution in [0, 0.1) is 11.8 Å². The van der Waals surface area contributed by atoms with Crippen LogP contribution in [-0.4, -0.2) is 96.7 Å². The molecule has 0 aromatic heterocycles. The Kier molecular flexibility index (Phi) is 69.3. The summed E-state index contributed by atoms with van der Waals surface area (Å²) in [5.74, 6) is -0.578. The highest BCUT2D eigenvalue weighted by atomic mass is 31.2. The van der Waals surface area contributed by atoms with Crippen LogP contribution >= 0.6 is 15.6 Å². The van der Waals surface area contributed by atoms with Crippen molar-refractivity contribution >= 4 is 39.5 Å². The predicted molar refractivity (Wildman–Crippen MR) is 400 cm³/mol. The Morgan fingerprint density at radius 3 is 0.724 bits per heavy atom. The minimum Gasteiger partial charge on any atom is -0.462 e. The Balaban J connectivity index is 5.25. The van der Waals surface area contributed by atoms with Crippen LogP contribution in [0.5, 0.6) is 0 Å². The van der Waals surface area contributed by atoms with Crippen molar-refractivity contribution in [3.63, 3.8) is 0 Å². The number of unbranched alkanes of at least 4 members (excludes halogenated alkanes) is 46. The second kappa shape index (κ2) is 70.7. The van der Waals surface area contributed by atoms with Crippen molar-refractivity contribution in [2.45, 2.75) is 432 Å². The van der Waals surface area contributed by atoms with Gasteiger partial charge in [0.15, 0.2) is 12.2 Å². The van der Waals surface area contributed by atoms with E-state index in [4.69, 9.17) is 37.0 Å². The smallest absolute Gasteiger partial charge is 0.462 e. The maximum atomic E-state index is 13.1. The number of phosphoric ester groups is 2. The molecule has 98 heavy (non-hydrogen) atoms. The van der Waals surface area contributed by atoms with E-state index in [1.165, 1.54) is 225 Å². The average molecular weight is 1440 g/mol. The number of rotatable bonds is 78. The van der Waals surface area contributed by atoms with Crippen LogP contribution in [0.25, 0.3) is 0 Å². The number of esters is 4. The summed E-state index contributed by atoms with van der Waals surface area (Å²) in [7, 11) is -9.92. The van der Waals surface area contributed by atoms with Gasteiger partial charge in [0.25, 0.3) is 0 Å². The number of aliphatic hydroxyl groups excluding tert-OH is 1. The molecule has 0 aliphatic rings. The maximum Gasteiger partial charge on any atom is 0.472 e. The van der Waals surface area contributed by atoms with Crippen molar-refractivity contribution in [2.24, 2.45) is 11.8 Å². The van der Waals surface area contributed by atoms with Gasteiger partial charge in [-0.2, -0.15) is 0 Å². The van der Waals surface area contributed by atoms with Gasteiger partial charge in [-0.05, 0) is 37.5 Å².